The number of aromatic nitrogens is 1. The standard InChI is InChI=1S/C13H21N3OS/c1-3-10-8-15-11(18-10)9(2)16-12(17)13(14)6-4-5-7-13/h8-9H,3-7,14H2,1-2H3,(H,16,17). The molecule has 1 aliphatic rings. The Hall–Kier alpha value is -0.940. The molecule has 100 valence electrons. The lowest BCUT2D eigenvalue weighted by atomic mass is 9.98. The first kappa shape index (κ1) is 13.5. The molecule has 0 saturated heterocycles. The molecule has 1 amide bonds. The Bertz CT molecular complexity index is 424. The van der Waals surface area contributed by atoms with Gasteiger partial charge in [0, 0.05) is 11.1 Å². The van der Waals surface area contributed by atoms with Crippen LogP contribution in [-0.2, 0) is 11.2 Å². The van der Waals surface area contributed by atoms with Crippen LogP contribution in [0.4, 0.5) is 0 Å². The lowest BCUT2D eigenvalue weighted by molar-refractivity contribution is -0.126. The molecule has 2 rings (SSSR count). The van der Waals surface area contributed by atoms with Gasteiger partial charge in [0.25, 0.3) is 0 Å². The van der Waals surface area contributed by atoms with E-state index < -0.39 is 5.54 Å². The van der Waals surface area contributed by atoms with Crippen LogP contribution < -0.4 is 11.1 Å². The van der Waals surface area contributed by atoms with E-state index in [-0.39, 0.29) is 11.9 Å². The van der Waals surface area contributed by atoms with Gasteiger partial charge >= 0.3 is 0 Å². The van der Waals surface area contributed by atoms with E-state index in [2.05, 4.69) is 17.2 Å². The molecule has 1 aromatic rings. The van der Waals surface area contributed by atoms with Crippen molar-refractivity contribution < 1.29 is 4.79 Å². The normalized spacial score (nSPS) is 19.7. The summed E-state index contributed by atoms with van der Waals surface area (Å²) in [5, 5.41) is 3.96. The maximum atomic E-state index is 12.2. The molecule has 1 heterocycles. The van der Waals surface area contributed by atoms with E-state index in [0.717, 1.165) is 37.1 Å². The molecule has 5 heteroatoms. The maximum Gasteiger partial charge on any atom is 0.240 e. The number of nitrogens with zero attached hydrogens (tertiary/aromatic N) is 1. The van der Waals surface area contributed by atoms with E-state index in [0.29, 0.717) is 0 Å². The SMILES string of the molecule is CCc1cnc(C(C)NC(=O)C2(N)CCCC2)s1. The number of nitrogens with two attached hydrogens (primary N) is 1. The lowest BCUT2D eigenvalue weighted by Crippen LogP contribution is -2.52. The van der Waals surface area contributed by atoms with Crippen LogP contribution in [-0.4, -0.2) is 16.4 Å². The number of thiazole rings is 1. The van der Waals surface area contributed by atoms with Gasteiger partial charge in [-0.25, -0.2) is 4.98 Å². The lowest BCUT2D eigenvalue weighted by Gasteiger charge is -2.24. The fraction of sp³-hybridized carbons (Fsp3) is 0.692. The first-order chi connectivity index (χ1) is 8.55. The molecule has 0 spiro atoms. The highest BCUT2D eigenvalue weighted by Crippen LogP contribution is 2.28. The van der Waals surface area contributed by atoms with Gasteiger partial charge in [-0.15, -0.1) is 11.3 Å². The van der Waals surface area contributed by atoms with Crippen molar-refractivity contribution in [2.75, 3.05) is 0 Å². The second kappa shape index (κ2) is 5.36. The minimum Gasteiger partial charge on any atom is -0.346 e. The van der Waals surface area contributed by atoms with Crippen LogP contribution in [0, 0.1) is 0 Å². The second-order valence-electron chi connectivity index (χ2n) is 5.08. The summed E-state index contributed by atoms with van der Waals surface area (Å²) in [5.74, 6) is -0.0271. The van der Waals surface area contributed by atoms with E-state index in [4.69, 9.17) is 5.73 Å². The van der Waals surface area contributed by atoms with E-state index in [9.17, 15) is 4.79 Å². The number of aryl methyl sites for hydroxylation is 1. The fourth-order valence-electron chi connectivity index (χ4n) is 2.32. The van der Waals surface area contributed by atoms with E-state index in [1.165, 1.54) is 4.88 Å². The Kier molecular flexibility index (Phi) is 4.02. The highest BCUT2D eigenvalue weighted by atomic mass is 32.1. The Labute approximate surface area is 112 Å². The van der Waals surface area contributed by atoms with Crippen LogP contribution in [0.3, 0.4) is 0 Å². The third-order valence-electron chi connectivity index (χ3n) is 3.59. The molecule has 0 bridgehead atoms. The molecule has 1 atom stereocenters. The third kappa shape index (κ3) is 2.72. The smallest absolute Gasteiger partial charge is 0.240 e. The van der Waals surface area contributed by atoms with Gasteiger partial charge in [0.05, 0.1) is 11.6 Å². The van der Waals surface area contributed by atoms with Crippen LogP contribution in [0.25, 0.3) is 0 Å². The van der Waals surface area contributed by atoms with Gasteiger partial charge < -0.3 is 11.1 Å². The quantitative estimate of drug-likeness (QED) is 0.878. The molecular weight excluding hydrogens is 246 g/mol. The van der Waals surface area contributed by atoms with Gasteiger partial charge in [-0.1, -0.05) is 19.8 Å². The van der Waals surface area contributed by atoms with Crippen molar-refractivity contribution in [3.05, 3.63) is 16.1 Å². The molecular formula is C13H21N3OS. The largest absolute Gasteiger partial charge is 0.346 e. The van der Waals surface area contributed by atoms with Crippen molar-refractivity contribution in [2.24, 2.45) is 5.73 Å². The number of carbonyl (C=O) groups is 1. The number of hydrogen-bond donors (Lipinski definition) is 2. The Morgan fingerprint density at radius 3 is 2.83 bits per heavy atom. The van der Waals surface area contributed by atoms with Gasteiger partial charge in [-0.3, -0.25) is 4.79 Å². The van der Waals surface area contributed by atoms with Crippen molar-refractivity contribution in [3.63, 3.8) is 0 Å². The zero-order chi connectivity index (χ0) is 13.2. The number of amides is 1. The zero-order valence-corrected chi connectivity index (χ0v) is 11.8. The summed E-state index contributed by atoms with van der Waals surface area (Å²) in [5.41, 5.74) is 5.48. The number of hydrogen-bond acceptors (Lipinski definition) is 4. The van der Waals surface area contributed by atoms with Gasteiger partial charge in [0.1, 0.15) is 5.01 Å². The molecule has 1 fully saturated rings. The number of rotatable bonds is 4. The van der Waals surface area contributed by atoms with Crippen LogP contribution >= 0.6 is 11.3 Å². The van der Waals surface area contributed by atoms with Crippen molar-refractivity contribution >= 4 is 17.2 Å². The van der Waals surface area contributed by atoms with E-state index in [1.54, 1.807) is 11.3 Å². The molecule has 1 aromatic heterocycles. The van der Waals surface area contributed by atoms with Crippen LogP contribution in [0.15, 0.2) is 6.20 Å². The van der Waals surface area contributed by atoms with E-state index in [1.807, 2.05) is 13.1 Å². The Balaban J connectivity index is 1.98. The van der Waals surface area contributed by atoms with Crippen molar-refractivity contribution in [1.82, 2.24) is 10.3 Å². The second-order valence-corrected chi connectivity index (χ2v) is 6.22. The molecule has 0 radical (unpaired) electrons. The molecule has 0 aliphatic heterocycles. The van der Waals surface area contributed by atoms with Crippen molar-refractivity contribution in [3.8, 4) is 0 Å². The average molecular weight is 267 g/mol. The summed E-state index contributed by atoms with van der Waals surface area (Å²) in [7, 11) is 0. The highest BCUT2D eigenvalue weighted by Gasteiger charge is 2.37. The maximum absolute atomic E-state index is 12.2. The number of carbonyl (C=O) groups excluding carboxylic acids is 1. The molecule has 18 heavy (non-hydrogen) atoms. The predicted molar refractivity (Wildman–Crippen MR) is 73.4 cm³/mol. The van der Waals surface area contributed by atoms with Gasteiger partial charge in [-0.05, 0) is 26.2 Å². The van der Waals surface area contributed by atoms with Crippen molar-refractivity contribution in [1.29, 1.82) is 0 Å². The summed E-state index contributed by atoms with van der Waals surface area (Å²) < 4.78 is 0. The van der Waals surface area contributed by atoms with Gasteiger partial charge in [0.15, 0.2) is 0 Å². The first-order valence-corrected chi connectivity index (χ1v) is 7.41. The van der Waals surface area contributed by atoms with Gasteiger partial charge in [-0.2, -0.15) is 0 Å². The molecule has 4 nitrogen and oxygen atoms in total. The summed E-state index contributed by atoms with van der Waals surface area (Å²) >= 11 is 1.66. The summed E-state index contributed by atoms with van der Waals surface area (Å²) in [4.78, 5) is 17.8. The summed E-state index contributed by atoms with van der Waals surface area (Å²) in [6.45, 7) is 4.07. The van der Waals surface area contributed by atoms with Crippen LogP contribution in [0.2, 0.25) is 0 Å². The Morgan fingerprint density at radius 2 is 2.28 bits per heavy atom. The molecule has 1 aliphatic carbocycles. The minimum atomic E-state index is -0.654. The van der Waals surface area contributed by atoms with Crippen LogP contribution in [0.5, 0.6) is 0 Å². The molecule has 3 N–H and O–H groups in total. The molecule has 1 saturated carbocycles. The first-order valence-electron chi connectivity index (χ1n) is 6.59. The van der Waals surface area contributed by atoms with Gasteiger partial charge in [0.2, 0.25) is 5.91 Å². The highest BCUT2D eigenvalue weighted by molar-refractivity contribution is 7.11. The molecule has 1 unspecified atom stereocenters. The predicted octanol–water partition coefficient (Wildman–Crippen LogP) is 2.15. The van der Waals surface area contributed by atoms with E-state index >= 15 is 0 Å². The number of nitrogens with one attached hydrogen (secondary N) is 1. The van der Waals surface area contributed by atoms with Crippen LogP contribution in [0.1, 0.15) is 55.5 Å². The molecule has 0 aromatic carbocycles. The monoisotopic (exact) mass is 267 g/mol. The van der Waals surface area contributed by atoms with Crippen molar-refractivity contribution in [2.45, 2.75) is 57.5 Å². The Morgan fingerprint density at radius 1 is 1.61 bits per heavy atom. The zero-order valence-electron chi connectivity index (χ0n) is 11.0. The summed E-state index contributed by atoms with van der Waals surface area (Å²) in [6.07, 6.45) is 6.56. The fourth-order valence-corrected chi connectivity index (χ4v) is 3.18. The minimum absolute atomic E-state index is 0.0271. The topological polar surface area (TPSA) is 68.0 Å². The average Bonchev–Trinajstić information content (AvgIpc) is 2.98. The summed E-state index contributed by atoms with van der Waals surface area (Å²) in [6, 6.07) is -0.0520. The third-order valence-corrected chi connectivity index (χ3v) is 4.91.